The van der Waals surface area contributed by atoms with Gasteiger partial charge in [0, 0.05) is 26.0 Å². The number of nitrogens with one attached hydrogen (secondary N) is 1. The summed E-state index contributed by atoms with van der Waals surface area (Å²) in [6.07, 6.45) is 1.19. The van der Waals surface area contributed by atoms with Crippen LogP contribution in [0.15, 0.2) is 0 Å². The second kappa shape index (κ2) is 7.27. The van der Waals surface area contributed by atoms with Crippen molar-refractivity contribution in [3.05, 3.63) is 0 Å². The predicted molar refractivity (Wildman–Crippen MR) is 64.0 cm³/mol. The number of ether oxygens (including phenoxy) is 1. The Hall–Kier alpha value is -0.220. The lowest BCUT2D eigenvalue weighted by atomic mass is 10.2. The molecule has 1 unspecified atom stereocenters. The molecule has 0 aromatic heterocycles. The van der Waals surface area contributed by atoms with Gasteiger partial charge in [0.15, 0.2) is 0 Å². The van der Waals surface area contributed by atoms with Crippen LogP contribution in [0.1, 0.15) is 6.42 Å². The largest absolute Gasteiger partial charge is 0.396 e. The minimum absolute atomic E-state index is 0.124. The van der Waals surface area contributed by atoms with E-state index in [1.165, 1.54) is 7.11 Å². The predicted octanol–water partition coefficient (Wildman–Crippen LogP) is -1.65. The summed E-state index contributed by atoms with van der Waals surface area (Å²) in [5.41, 5.74) is 0. The van der Waals surface area contributed by atoms with E-state index >= 15 is 0 Å². The zero-order valence-electron chi connectivity index (χ0n) is 9.92. The van der Waals surface area contributed by atoms with Gasteiger partial charge in [-0.3, -0.25) is 0 Å². The minimum atomic E-state index is -3.68. The lowest BCUT2D eigenvalue weighted by Gasteiger charge is -2.16. The quantitative estimate of drug-likeness (QED) is 0.526. The van der Waals surface area contributed by atoms with Gasteiger partial charge in [-0.1, -0.05) is 0 Å². The molecule has 0 rings (SSSR count). The van der Waals surface area contributed by atoms with Gasteiger partial charge in [0.1, 0.15) is 9.84 Å². The van der Waals surface area contributed by atoms with Crippen LogP contribution >= 0.6 is 0 Å². The summed E-state index contributed by atoms with van der Waals surface area (Å²) >= 11 is 0. The maximum atomic E-state index is 11.5. The molecule has 2 N–H and O–H groups in total. The van der Waals surface area contributed by atoms with Crippen molar-refractivity contribution in [1.82, 2.24) is 4.72 Å². The van der Waals surface area contributed by atoms with Crippen molar-refractivity contribution < 1.29 is 26.7 Å². The highest BCUT2D eigenvalue weighted by Gasteiger charge is 2.19. The van der Waals surface area contributed by atoms with Crippen molar-refractivity contribution in [3.63, 3.8) is 0 Å². The molecule has 1 atom stereocenters. The van der Waals surface area contributed by atoms with Gasteiger partial charge in [-0.25, -0.2) is 21.6 Å². The molecule has 0 spiro atoms. The second-order valence-corrected chi connectivity index (χ2v) is 7.86. The smallest absolute Gasteiger partial charge is 0.212 e. The average Bonchev–Trinajstić information content (AvgIpc) is 2.14. The number of hydrogen-bond donors (Lipinski definition) is 2. The molecule has 17 heavy (non-hydrogen) atoms. The van der Waals surface area contributed by atoms with E-state index in [1.807, 2.05) is 0 Å². The van der Waals surface area contributed by atoms with Gasteiger partial charge >= 0.3 is 0 Å². The molecule has 0 heterocycles. The molecule has 0 radical (unpaired) electrons. The van der Waals surface area contributed by atoms with Gasteiger partial charge in [-0.05, 0) is 6.42 Å². The third kappa shape index (κ3) is 9.48. The number of methoxy groups -OCH3 is 1. The second-order valence-electron chi connectivity index (χ2n) is 3.73. The standard InChI is InChI=1S/C8H19NO6S2/c1-15-7-8(3-4-10)9-17(13,14)6-5-16(2,11)12/h8-10H,3-7H2,1-2H3. The molecule has 0 aliphatic rings. The van der Waals surface area contributed by atoms with Gasteiger partial charge in [-0.15, -0.1) is 0 Å². The summed E-state index contributed by atoms with van der Waals surface area (Å²) in [7, 11) is -5.58. The summed E-state index contributed by atoms with van der Waals surface area (Å²) in [4.78, 5) is 0. The lowest BCUT2D eigenvalue weighted by Crippen LogP contribution is -2.41. The normalized spacial score (nSPS) is 14.8. The van der Waals surface area contributed by atoms with E-state index in [4.69, 9.17) is 9.84 Å². The minimum Gasteiger partial charge on any atom is -0.396 e. The van der Waals surface area contributed by atoms with Crippen molar-refractivity contribution in [2.24, 2.45) is 0 Å². The fourth-order valence-electron chi connectivity index (χ4n) is 1.11. The number of hydrogen-bond acceptors (Lipinski definition) is 6. The van der Waals surface area contributed by atoms with Crippen LogP contribution in [0.3, 0.4) is 0 Å². The first-order valence-electron chi connectivity index (χ1n) is 4.97. The molecular formula is C8H19NO6S2. The highest BCUT2D eigenvalue weighted by molar-refractivity contribution is 7.93. The van der Waals surface area contributed by atoms with Crippen molar-refractivity contribution in [3.8, 4) is 0 Å². The highest BCUT2D eigenvalue weighted by atomic mass is 32.2. The Morgan fingerprint density at radius 2 is 1.82 bits per heavy atom. The first kappa shape index (κ1) is 16.8. The first-order chi connectivity index (χ1) is 7.70. The van der Waals surface area contributed by atoms with Crippen LogP contribution in [0.25, 0.3) is 0 Å². The van der Waals surface area contributed by atoms with E-state index in [-0.39, 0.29) is 19.6 Å². The van der Waals surface area contributed by atoms with E-state index in [2.05, 4.69) is 4.72 Å². The molecule has 0 amide bonds. The third-order valence-corrected chi connectivity index (χ3v) is 4.55. The van der Waals surface area contributed by atoms with Crippen molar-refractivity contribution in [1.29, 1.82) is 0 Å². The maximum absolute atomic E-state index is 11.5. The van der Waals surface area contributed by atoms with E-state index in [0.717, 1.165) is 6.26 Å². The third-order valence-electron chi connectivity index (χ3n) is 1.91. The molecular weight excluding hydrogens is 270 g/mol. The molecule has 0 bridgehead atoms. The summed E-state index contributed by atoms with van der Waals surface area (Å²) < 4.78 is 51.8. The molecule has 0 aromatic carbocycles. The van der Waals surface area contributed by atoms with Gasteiger partial charge in [0.05, 0.1) is 18.1 Å². The molecule has 0 aliphatic carbocycles. The Kier molecular flexibility index (Phi) is 7.17. The Morgan fingerprint density at radius 3 is 2.24 bits per heavy atom. The Balaban J connectivity index is 4.40. The molecule has 9 heteroatoms. The Labute approximate surface area is 102 Å². The average molecular weight is 289 g/mol. The van der Waals surface area contributed by atoms with Crippen LogP contribution in [0.2, 0.25) is 0 Å². The van der Waals surface area contributed by atoms with Crippen molar-refractivity contribution in [2.75, 3.05) is 38.1 Å². The summed E-state index contributed by atoms with van der Waals surface area (Å²) in [6, 6.07) is -0.547. The fourth-order valence-corrected chi connectivity index (χ4v) is 4.01. The van der Waals surface area contributed by atoms with Gasteiger partial charge in [-0.2, -0.15) is 0 Å². The molecule has 0 saturated carbocycles. The van der Waals surface area contributed by atoms with Gasteiger partial charge in [0.25, 0.3) is 0 Å². The Morgan fingerprint density at radius 1 is 1.24 bits per heavy atom. The summed E-state index contributed by atoms with van der Waals surface area (Å²) in [5.74, 6) is -0.918. The monoisotopic (exact) mass is 289 g/mol. The summed E-state index contributed by atoms with van der Waals surface area (Å²) in [5, 5.41) is 8.73. The fraction of sp³-hybridized carbons (Fsp3) is 1.00. The zero-order valence-corrected chi connectivity index (χ0v) is 11.6. The van der Waals surface area contributed by atoms with Crippen molar-refractivity contribution in [2.45, 2.75) is 12.5 Å². The molecule has 0 aliphatic heterocycles. The van der Waals surface area contributed by atoms with E-state index < -0.39 is 37.4 Å². The number of rotatable bonds is 9. The number of sulfonamides is 1. The molecule has 0 saturated heterocycles. The highest BCUT2D eigenvalue weighted by Crippen LogP contribution is 1.97. The van der Waals surface area contributed by atoms with Crippen molar-refractivity contribution >= 4 is 19.9 Å². The maximum Gasteiger partial charge on any atom is 0.212 e. The van der Waals surface area contributed by atoms with Crippen LogP contribution in [-0.4, -0.2) is 66.1 Å². The number of aliphatic hydroxyl groups excluding tert-OH is 1. The van der Waals surface area contributed by atoms with Gasteiger partial charge in [0.2, 0.25) is 10.0 Å². The summed E-state index contributed by atoms with van der Waals surface area (Å²) in [6.45, 7) is -0.0543. The van der Waals surface area contributed by atoms with Crippen LogP contribution in [0.5, 0.6) is 0 Å². The Bertz CT molecular complexity index is 396. The van der Waals surface area contributed by atoms with Crippen LogP contribution in [0.4, 0.5) is 0 Å². The van der Waals surface area contributed by atoms with E-state index in [9.17, 15) is 16.8 Å². The SMILES string of the molecule is COCC(CCO)NS(=O)(=O)CCS(C)(=O)=O. The molecule has 0 aromatic rings. The van der Waals surface area contributed by atoms with Crippen LogP contribution in [-0.2, 0) is 24.6 Å². The molecule has 0 fully saturated rings. The van der Waals surface area contributed by atoms with Crippen LogP contribution < -0.4 is 4.72 Å². The van der Waals surface area contributed by atoms with Crippen LogP contribution in [0, 0.1) is 0 Å². The van der Waals surface area contributed by atoms with E-state index in [1.54, 1.807) is 0 Å². The lowest BCUT2D eigenvalue weighted by molar-refractivity contribution is 0.158. The number of aliphatic hydroxyl groups is 1. The number of sulfone groups is 1. The molecule has 104 valence electrons. The topological polar surface area (TPSA) is 110 Å². The molecule has 7 nitrogen and oxygen atoms in total. The van der Waals surface area contributed by atoms with Gasteiger partial charge < -0.3 is 9.84 Å². The van der Waals surface area contributed by atoms with E-state index in [0.29, 0.717) is 0 Å². The first-order valence-corrected chi connectivity index (χ1v) is 8.69. The zero-order chi connectivity index (χ0) is 13.5.